The molecule has 0 aliphatic rings. The average molecular weight is 320 g/mol. The SMILES string of the molecule is CSC(C)CNS(=O)(=O)c1ccc(NN)c([N+](=O)[O-])c1. The fourth-order valence-electron chi connectivity index (χ4n) is 1.35. The van der Waals surface area contributed by atoms with Crippen LogP contribution in [0.5, 0.6) is 0 Å². The van der Waals surface area contributed by atoms with Crippen molar-refractivity contribution in [3.8, 4) is 0 Å². The Bertz CT molecular complexity index is 591. The van der Waals surface area contributed by atoms with Crippen molar-refractivity contribution < 1.29 is 13.3 Å². The molecule has 0 aliphatic heterocycles. The third kappa shape index (κ3) is 4.07. The van der Waals surface area contributed by atoms with Crippen molar-refractivity contribution in [2.75, 3.05) is 18.2 Å². The molecule has 0 saturated carbocycles. The van der Waals surface area contributed by atoms with Crippen molar-refractivity contribution in [1.29, 1.82) is 0 Å². The Kier molecular flexibility index (Phi) is 5.74. The van der Waals surface area contributed by atoms with E-state index in [1.165, 1.54) is 23.9 Å². The van der Waals surface area contributed by atoms with Crippen LogP contribution in [-0.4, -0.2) is 31.4 Å². The largest absolute Gasteiger partial charge is 0.318 e. The lowest BCUT2D eigenvalue weighted by molar-refractivity contribution is -0.384. The number of benzene rings is 1. The summed E-state index contributed by atoms with van der Waals surface area (Å²) in [6.45, 7) is 2.12. The van der Waals surface area contributed by atoms with Gasteiger partial charge in [-0.25, -0.2) is 13.1 Å². The first-order valence-corrected chi connectivity index (χ1v) is 8.36. The Hall–Kier alpha value is -1.36. The highest BCUT2D eigenvalue weighted by molar-refractivity contribution is 7.99. The summed E-state index contributed by atoms with van der Waals surface area (Å²) >= 11 is 1.51. The summed E-state index contributed by atoms with van der Waals surface area (Å²) in [5.41, 5.74) is 1.81. The molecule has 1 atom stereocenters. The molecule has 0 heterocycles. The summed E-state index contributed by atoms with van der Waals surface area (Å²) in [6, 6.07) is 3.49. The van der Waals surface area contributed by atoms with E-state index in [1.54, 1.807) is 0 Å². The fraction of sp³-hybridized carbons (Fsp3) is 0.400. The lowest BCUT2D eigenvalue weighted by Gasteiger charge is -2.11. The normalized spacial score (nSPS) is 12.9. The van der Waals surface area contributed by atoms with Gasteiger partial charge < -0.3 is 5.43 Å². The lowest BCUT2D eigenvalue weighted by atomic mass is 10.3. The van der Waals surface area contributed by atoms with Crippen molar-refractivity contribution >= 4 is 33.2 Å². The zero-order chi connectivity index (χ0) is 15.3. The summed E-state index contributed by atoms with van der Waals surface area (Å²) in [5.74, 6) is 5.14. The number of nitrogen functional groups attached to an aromatic ring is 1. The molecule has 0 aromatic heterocycles. The average Bonchev–Trinajstić information content (AvgIpc) is 2.43. The highest BCUT2D eigenvalue weighted by atomic mass is 32.2. The Morgan fingerprint density at radius 2 is 2.15 bits per heavy atom. The fourth-order valence-corrected chi connectivity index (χ4v) is 2.85. The van der Waals surface area contributed by atoms with Crippen molar-refractivity contribution in [2.45, 2.75) is 17.1 Å². The molecule has 10 heteroatoms. The number of hydrazine groups is 1. The quantitative estimate of drug-likeness (QED) is 0.387. The van der Waals surface area contributed by atoms with E-state index in [4.69, 9.17) is 5.84 Å². The smallest absolute Gasteiger partial charge is 0.294 e. The minimum atomic E-state index is -3.78. The predicted octanol–water partition coefficient (Wildman–Crippen LogP) is 0.910. The van der Waals surface area contributed by atoms with Gasteiger partial charge in [-0.05, 0) is 18.4 Å². The second-order valence-electron chi connectivity index (χ2n) is 3.98. The summed E-state index contributed by atoms with van der Waals surface area (Å²) in [6.07, 6.45) is 1.87. The number of rotatable bonds is 7. The molecule has 8 nitrogen and oxygen atoms in total. The maximum atomic E-state index is 12.0. The monoisotopic (exact) mass is 320 g/mol. The lowest BCUT2D eigenvalue weighted by Crippen LogP contribution is -2.29. The van der Waals surface area contributed by atoms with E-state index in [9.17, 15) is 18.5 Å². The summed E-state index contributed by atoms with van der Waals surface area (Å²) in [5, 5.41) is 11.0. The summed E-state index contributed by atoms with van der Waals surface area (Å²) in [4.78, 5) is 10.00. The third-order valence-electron chi connectivity index (χ3n) is 2.59. The van der Waals surface area contributed by atoms with Crippen molar-refractivity contribution in [1.82, 2.24) is 4.72 Å². The molecule has 0 bridgehead atoms. The Morgan fingerprint density at radius 1 is 1.50 bits per heavy atom. The molecule has 0 saturated heterocycles. The molecule has 1 rings (SSSR count). The van der Waals surface area contributed by atoms with E-state index in [2.05, 4.69) is 10.1 Å². The van der Waals surface area contributed by atoms with Gasteiger partial charge >= 0.3 is 0 Å². The van der Waals surface area contributed by atoms with Gasteiger partial charge in [0.1, 0.15) is 5.69 Å². The highest BCUT2D eigenvalue weighted by Gasteiger charge is 2.21. The van der Waals surface area contributed by atoms with Gasteiger partial charge in [-0.3, -0.25) is 16.0 Å². The van der Waals surface area contributed by atoms with Gasteiger partial charge in [-0.15, -0.1) is 0 Å². The van der Waals surface area contributed by atoms with Crippen molar-refractivity contribution in [3.63, 3.8) is 0 Å². The van der Waals surface area contributed by atoms with E-state index in [0.29, 0.717) is 0 Å². The number of hydrogen-bond donors (Lipinski definition) is 3. The van der Waals surface area contributed by atoms with Crippen LogP contribution in [0.4, 0.5) is 11.4 Å². The number of nitro benzene ring substituents is 1. The van der Waals surface area contributed by atoms with Gasteiger partial charge in [-0.2, -0.15) is 11.8 Å². The minimum Gasteiger partial charge on any atom is -0.318 e. The summed E-state index contributed by atoms with van der Waals surface area (Å²) < 4.78 is 26.5. The van der Waals surface area contributed by atoms with Gasteiger partial charge in [0.25, 0.3) is 5.69 Å². The predicted molar refractivity (Wildman–Crippen MR) is 79.1 cm³/mol. The van der Waals surface area contributed by atoms with Gasteiger partial charge in [0.15, 0.2) is 0 Å². The van der Waals surface area contributed by atoms with Gasteiger partial charge in [0.05, 0.1) is 9.82 Å². The van der Waals surface area contributed by atoms with Crippen LogP contribution in [0.15, 0.2) is 23.1 Å². The maximum Gasteiger partial charge on any atom is 0.294 e. The Balaban J connectivity index is 3.07. The molecule has 0 amide bonds. The molecule has 20 heavy (non-hydrogen) atoms. The zero-order valence-electron chi connectivity index (χ0n) is 11.0. The molecular weight excluding hydrogens is 304 g/mol. The van der Waals surface area contributed by atoms with Crippen LogP contribution in [0.3, 0.4) is 0 Å². The van der Waals surface area contributed by atoms with E-state index in [1.807, 2.05) is 13.2 Å². The molecule has 0 spiro atoms. The minimum absolute atomic E-state index is 0.0476. The second kappa shape index (κ2) is 6.88. The van der Waals surface area contributed by atoms with Gasteiger partial charge in [-0.1, -0.05) is 6.92 Å². The molecule has 0 aliphatic carbocycles. The molecule has 0 fully saturated rings. The topological polar surface area (TPSA) is 127 Å². The van der Waals surface area contributed by atoms with Crippen LogP contribution >= 0.6 is 11.8 Å². The van der Waals surface area contributed by atoms with Crippen molar-refractivity contribution in [3.05, 3.63) is 28.3 Å². The van der Waals surface area contributed by atoms with Crippen LogP contribution < -0.4 is 16.0 Å². The first-order valence-electron chi connectivity index (χ1n) is 5.59. The van der Waals surface area contributed by atoms with E-state index in [0.717, 1.165) is 6.07 Å². The second-order valence-corrected chi connectivity index (χ2v) is 7.02. The Labute approximate surface area is 121 Å². The van der Waals surface area contributed by atoms with Gasteiger partial charge in [0.2, 0.25) is 10.0 Å². The van der Waals surface area contributed by atoms with Crippen LogP contribution in [-0.2, 0) is 10.0 Å². The summed E-state index contributed by atoms with van der Waals surface area (Å²) in [7, 11) is -3.78. The molecular formula is C10H16N4O4S2. The van der Waals surface area contributed by atoms with E-state index >= 15 is 0 Å². The third-order valence-corrected chi connectivity index (χ3v) is 4.99. The Morgan fingerprint density at radius 3 is 2.65 bits per heavy atom. The molecule has 1 aromatic carbocycles. The highest BCUT2D eigenvalue weighted by Crippen LogP contribution is 2.26. The van der Waals surface area contributed by atoms with Crippen LogP contribution in [0, 0.1) is 10.1 Å². The number of anilines is 1. The zero-order valence-corrected chi connectivity index (χ0v) is 12.6. The molecule has 1 unspecified atom stereocenters. The number of sulfonamides is 1. The number of thioether (sulfide) groups is 1. The number of hydrogen-bond acceptors (Lipinski definition) is 7. The number of nitrogens with two attached hydrogens (primary N) is 1. The molecule has 112 valence electrons. The first kappa shape index (κ1) is 16.7. The maximum absolute atomic E-state index is 12.0. The van der Waals surface area contributed by atoms with E-state index in [-0.39, 0.29) is 22.4 Å². The van der Waals surface area contributed by atoms with E-state index < -0.39 is 20.6 Å². The molecule has 0 radical (unpaired) electrons. The number of nitrogens with one attached hydrogen (secondary N) is 2. The van der Waals surface area contributed by atoms with Crippen LogP contribution in [0.2, 0.25) is 0 Å². The van der Waals surface area contributed by atoms with Crippen LogP contribution in [0.1, 0.15) is 6.92 Å². The molecule has 4 N–H and O–H groups in total. The van der Waals surface area contributed by atoms with Crippen LogP contribution in [0.25, 0.3) is 0 Å². The number of nitro groups is 1. The van der Waals surface area contributed by atoms with Crippen molar-refractivity contribution in [2.24, 2.45) is 5.84 Å². The molecule has 1 aromatic rings. The standard InChI is InChI=1S/C10H16N4O4S2/c1-7(19-2)6-12-20(17,18)8-3-4-9(13-11)10(5-8)14(15)16/h3-5,7,12-13H,6,11H2,1-2H3. The first-order chi connectivity index (χ1) is 9.31. The number of nitrogens with zero attached hydrogens (tertiary/aromatic N) is 1. The van der Waals surface area contributed by atoms with Gasteiger partial charge in [0, 0.05) is 17.9 Å².